The number of rotatable bonds is 8. The van der Waals surface area contributed by atoms with Gasteiger partial charge in [-0.3, -0.25) is 0 Å². The standard InChI is InChI=1S/C12H21N3O3/c1-3-17-10(8-4-5-8)11-14-12(18-15-11)9(13)6-7-16-2/h8-10H,3-7,13H2,1-2H3. The highest BCUT2D eigenvalue weighted by atomic mass is 16.5. The van der Waals surface area contributed by atoms with Crippen molar-refractivity contribution in [1.29, 1.82) is 0 Å². The van der Waals surface area contributed by atoms with Crippen LogP contribution in [0.15, 0.2) is 4.52 Å². The molecule has 6 nitrogen and oxygen atoms in total. The van der Waals surface area contributed by atoms with Gasteiger partial charge in [0.05, 0.1) is 6.04 Å². The highest BCUT2D eigenvalue weighted by Crippen LogP contribution is 2.42. The average Bonchev–Trinajstić information content (AvgIpc) is 3.09. The molecule has 2 atom stereocenters. The third-order valence-corrected chi connectivity index (χ3v) is 3.06. The van der Waals surface area contributed by atoms with E-state index < -0.39 is 0 Å². The van der Waals surface area contributed by atoms with E-state index in [1.807, 2.05) is 6.92 Å². The van der Waals surface area contributed by atoms with Gasteiger partial charge in [-0.1, -0.05) is 5.16 Å². The Balaban J connectivity index is 1.99. The number of aromatic nitrogens is 2. The van der Waals surface area contributed by atoms with E-state index in [4.69, 9.17) is 19.7 Å². The molecule has 0 radical (unpaired) electrons. The van der Waals surface area contributed by atoms with Gasteiger partial charge in [-0.2, -0.15) is 4.98 Å². The minimum Gasteiger partial charge on any atom is -0.385 e. The number of methoxy groups -OCH3 is 1. The molecule has 2 unspecified atom stereocenters. The van der Waals surface area contributed by atoms with Crippen LogP contribution in [0.3, 0.4) is 0 Å². The van der Waals surface area contributed by atoms with Crippen molar-refractivity contribution in [3.05, 3.63) is 11.7 Å². The Morgan fingerprint density at radius 1 is 1.50 bits per heavy atom. The van der Waals surface area contributed by atoms with Crippen LogP contribution in [0.4, 0.5) is 0 Å². The predicted octanol–water partition coefficient (Wildman–Crippen LogP) is 1.59. The summed E-state index contributed by atoms with van der Waals surface area (Å²) in [6.45, 7) is 3.21. The van der Waals surface area contributed by atoms with Crippen molar-refractivity contribution in [1.82, 2.24) is 10.1 Å². The van der Waals surface area contributed by atoms with E-state index in [1.165, 1.54) is 12.8 Å². The Hall–Kier alpha value is -0.980. The topological polar surface area (TPSA) is 83.4 Å². The average molecular weight is 255 g/mol. The summed E-state index contributed by atoms with van der Waals surface area (Å²) in [5.41, 5.74) is 5.94. The number of nitrogens with zero attached hydrogens (tertiary/aromatic N) is 2. The maximum absolute atomic E-state index is 5.94. The molecular formula is C12H21N3O3. The molecule has 1 aliphatic carbocycles. The summed E-state index contributed by atoms with van der Waals surface area (Å²) < 4.78 is 15.9. The lowest BCUT2D eigenvalue weighted by Crippen LogP contribution is -2.14. The normalized spacial score (nSPS) is 18.8. The van der Waals surface area contributed by atoms with Crippen LogP contribution in [0.2, 0.25) is 0 Å². The van der Waals surface area contributed by atoms with Gasteiger partial charge < -0.3 is 19.7 Å². The van der Waals surface area contributed by atoms with Crippen LogP contribution >= 0.6 is 0 Å². The van der Waals surface area contributed by atoms with Crippen molar-refractivity contribution < 1.29 is 14.0 Å². The molecule has 102 valence electrons. The molecule has 1 saturated carbocycles. The smallest absolute Gasteiger partial charge is 0.243 e. The summed E-state index contributed by atoms with van der Waals surface area (Å²) in [6, 6.07) is -0.271. The van der Waals surface area contributed by atoms with Crippen molar-refractivity contribution in [2.45, 2.75) is 38.3 Å². The summed E-state index contributed by atoms with van der Waals surface area (Å²) >= 11 is 0. The Labute approximate surface area is 107 Å². The lowest BCUT2D eigenvalue weighted by Gasteiger charge is -2.11. The van der Waals surface area contributed by atoms with Crippen LogP contribution in [0.1, 0.15) is 50.0 Å². The summed E-state index contributed by atoms with van der Waals surface area (Å²) in [4.78, 5) is 4.36. The lowest BCUT2D eigenvalue weighted by atomic mass is 10.2. The number of nitrogens with two attached hydrogens (primary N) is 1. The van der Waals surface area contributed by atoms with Gasteiger partial charge in [0.2, 0.25) is 11.7 Å². The van der Waals surface area contributed by atoms with Gasteiger partial charge in [0.1, 0.15) is 6.10 Å². The number of ether oxygens (including phenoxy) is 2. The maximum Gasteiger partial charge on any atom is 0.243 e. The van der Waals surface area contributed by atoms with Crippen molar-refractivity contribution >= 4 is 0 Å². The molecule has 1 aromatic rings. The fourth-order valence-corrected chi connectivity index (χ4v) is 1.88. The van der Waals surface area contributed by atoms with Crippen LogP contribution in [0.5, 0.6) is 0 Å². The van der Waals surface area contributed by atoms with Gasteiger partial charge in [0.25, 0.3) is 0 Å². The van der Waals surface area contributed by atoms with E-state index in [0.717, 1.165) is 0 Å². The molecule has 2 rings (SSSR count). The fourth-order valence-electron chi connectivity index (χ4n) is 1.88. The first-order valence-corrected chi connectivity index (χ1v) is 6.45. The molecule has 6 heteroatoms. The summed E-state index contributed by atoms with van der Waals surface area (Å²) in [5.74, 6) is 1.63. The summed E-state index contributed by atoms with van der Waals surface area (Å²) in [6.07, 6.45) is 2.97. The molecule has 1 aromatic heterocycles. The number of hydrogen-bond donors (Lipinski definition) is 1. The van der Waals surface area contributed by atoms with Crippen molar-refractivity contribution in [2.24, 2.45) is 11.7 Å². The fraction of sp³-hybridized carbons (Fsp3) is 0.833. The van der Waals surface area contributed by atoms with Crippen molar-refractivity contribution in [3.63, 3.8) is 0 Å². The first-order valence-electron chi connectivity index (χ1n) is 6.45. The van der Waals surface area contributed by atoms with Gasteiger partial charge in [-0.05, 0) is 32.1 Å². The third-order valence-electron chi connectivity index (χ3n) is 3.06. The monoisotopic (exact) mass is 255 g/mol. The molecule has 0 saturated heterocycles. The Morgan fingerprint density at radius 2 is 2.28 bits per heavy atom. The van der Waals surface area contributed by atoms with Crippen molar-refractivity contribution in [2.75, 3.05) is 20.3 Å². The number of hydrogen-bond acceptors (Lipinski definition) is 6. The van der Waals surface area contributed by atoms with E-state index in [1.54, 1.807) is 7.11 Å². The molecule has 0 aromatic carbocycles. The zero-order valence-corrected chi connectivity index (χ0v) is 11.0. The Bertz CT molecular complexity index is 365. The van der Waals surface area contributed by atoms with E-state index in [9.17, 15) is 0 Å². The lowest BCUT2D eigenvalue weighted by molar-refractivity contribution is 0.0384. The Kier molecular flexibility index (Phi) is 4.68. The highest BCUT2D eigenvalue weighted by molar-refractivity contribution is 5.00. The molecule has 0 bridgehead atoms. The molecule has 2 N–H and O–H groups in total. The molecule has 1 fully saturated rings. The molecule has 0 spiro atoms. The predicted molar refractivity (Wildman–Crippen MR) is 64.8 cm³/mol. The van der Waals surface area contributed by atoms with Crippen LogP contribution < -0.4 is 5.73 Å². The largest absolute Gasteiger partial charge is 0.385 e. The molecule has 0 aliphatic heterocycles. The molecule has 18 heavy (non-hydrogen) atoms. The highest BCUT2D eigenvalue weighted by Gasteiger charge is 2.36. The first-order chi connectivity index (χ1) is 8.76. The van der Waals surface area contributed by atoms with Crippen LogP contribution in [-0.2, 0) is 9.47 Å². The SMILES string of the molecule is CCOC(c1noc(C(N)CCOC)n1)C1CC1. The van der Waals surface area contributed by atoms with Crippen LogP contribution in [0.25, 0.3) is 0 Å². The van der Waals surface area contributed by atoms with E-state index in [2.05, 4.69) is 10.1 Å². The van der Waals surface area contributed by atoms with Gasteiger partial charge in [-0.15, -0.1) is 0 Å². The zero-order chi connectivity index (χ0) is 13.0. The Morgan fingerprint density at radius 3 is 2.89 bits per heavy atom. The van der Waals surface area contributed by atoms with E-state index in [-0.39, 0.29) is 12.1 Å². The maximum atomic E-state index is 5.94. The molecule has 1 aliphatic rings. The quantitative estimate of drug-likeness (QED) is 0.759. The molecule has 1 heterocycles. The van der Waals surface area contributed by atoms with E-state index >= 15 is 0 Å². The third kappa shape index (κ3) is 3.28. The minimum absolute atomic E-state index is 0.0397. The summed E-state index contributed by atoms with van der Waals surface area (Å²) in [5, 5.41) is 3.99. The molecular weight excluding hydrogens is 234 g/mol. The van der Waals surface area contributed by atoms with Crippen LogP contribution in [-0.4, -0.2) is 30.5 Å². The van der Waals surface area contributed by atoms with Gasteiger partial charge in [-0.25, -0.2) is 0 Å². The van der Waals surface area contributed by atoms with Gasteiger partial charge in [0, 0.05) is 20.3 Å². The van der Waals surface area contributed by atoms with Crippen molar-refractivity contribution in [3.8, 4) is 0 Å². The van der Waals surface area contributed by atoms with E-state index in [0.29, 0.717) is 37.3 Å². The zero-order valence-electron chi connectivity index (χ0n) is 11.0. The minimum atomic E-state index is -0.271. The second-order valence-electron chi connectivity index (χ2n) is 4.59. The van der Waals surface area contributed by atoms with Crippen LogP contribution in [0, 0.1) is 5.92 Å². The van der Waals surface area contributed by atoms with Gasteiger partial charge >= 0.3 is 0 Å². The molecule has 0 amide bonds. The second-order valence-corrected chi connectivity index (χ2v) is 4.59. The van der Waals surface area contributed by atoms with Gasteiger partial charge in [0.15, 0.2) is 0 Å². The first kappa shape index (κ1) is 13.5. The second kappa shape index (κ2) is 6.26. The summed E-state index contributed by atoms with van der Waals surface area (Å²) in [7, 11) is 1.64.